The van der Waals surface area contributed by atoms with E-state index >= 15 is 0 Å². The van der Waals surface area contributed by atoms with Gasteiger partial charge >= 0.3 is 0 Å². The van der Waals surface area contributed by atoms with Gasteiger partial charge in [-0.1, -0.05) is 34.1 Å². The number of hydrogen-bond donors (Lipinski definition) is 0. The lowest BCUT2D eigenvalue weighted by Gasteiger charge is -2.34. The highest BCUT2D eigenvalue weighted by molar-refractivity contribution is 9.10. The maximum atomic E-state index is 13.3. The van der Waals surface area contributed by atoms with E-state index in [0.29, 0.717) is 26.2 Å². The van der Waals surface area contributed by atoms with Crippen LogP contribution in [0, 0.1) is 5.82 Å². The maximum Gasteiger partial charge on any atom is 0.243 e. The zero-order valence-corrected chi connectivity index (χ0v) is 15.4. The Bertz CT molecular complexity index is 804. The first-order chi connectivity index (χ1) is 11.4. The molecular weight excluding hydrogens is 395 g/mol. The number of rotatable bonds is 4. The highest BCUT2D eigenvalue weighted by atomic mass is 79.9. The summed E-state index contributed by atoms with van der Waals surface area (Å²) in [6, 6.07) is 13.3. The second-order valence-electron chi connectivity index (χ2n) is 5.76. The first-order valence-corrected chi connectivity index (χ1v) is 9.91. The SMILES string of the molecule is O=S(=O)(c1cccc(F)c1)N1CCN(Cc2ccc(Br)cc2)CC1. The summed E-state index contributed by atoms with van der Waals surface area (Å²) < 4.78 is 40.9. The third-order valence-corrected chi connectivity index (χ3v) is 6.51. The van der Waals surface area contributed by atoms with E-state index in [1.807, 2.05) is 12.1 Å². The third kappa shape index (κ3) is 4.03. The molecule has 24 heavy (non-hydrogen) atoms. The highest BCUT2D eigenvalue weighted by Crippen LogP contribution is 2.19. The normalized spacial score (nSPS) is 17.1. The molecule has 1 heterocycles. The van der Waals surface area contributed by atoms with Crippen LogP contribution in [0.25, 0.3) is 0 Å². The van der Waals surface area contributed by atoms with Crippen LogP contribution < -0.4 is 0 Å². The molecule has 2 aromatic carbocycles. The number of nitrogens with zero attached hydrogens (tertiary/aromatic N) is 2. The van der Waals surface area contributed by atoms with Crippen molar-refractivity contribution in [2.75, 3.05) is 26.2 Å². The van der Waals surface area contributed by atoms with Crippen LogP contribution in [0.5, 0.6) is 0 Å². The van der Waals surface area contributed by atoms with Crippen molar-refractivity contribution in [2.24, 2.45) is 0 Å². The quantitative estimate of drug-likeness (QED) is 0.774. The summed E-state index contributed by atoms with van der Waals surface area (Å²) in [6.45, 7) is 2.93. The van der Waals surface area contributed by atoms with Gasteiger partial charge in [-0.05, 0) is 35.9 Å². The molecule has 0 N–H and O–H groups in total. The van der Waals surface area contributed by atoms with Gasteiger partial charge in [0.05, 0.1) is 4.90 Å². The Balaban J connectivity index is 1.63. The van der Waals surface area contributed by atoms with Crippen molar-refractivity contribution in [1.29, 1.82) is 0 Å². The summed E-state index contributed by atoms with van der Waals surface area (Å²) in [5.41, 5.74) is 1.19. The Morgan fingerprint density at radius 1 is 1.00 bits per heavy atom. The fraction of sp³-hybridized carbons (Fsp3) is 0.294. The standard InChI is InChI=1S/C17H18BrFN2O2S/c18-15-6-4-14(5-7-15)13-20-8-10-21(11-9-20)24(22,23)17-3-1-2-16(19)12-17/h1-7,12H,8-11,13H2. The molecule has 1 aliphatic rings. The largest absolute Gasteiger partial charge is 0.296 e. The molecule has 0 radical (unpaired) electrons. The average molecular weight is 413 g/mol. The second-order valence-corrected chi connectivity index (χ2v) is 8.62. The van der Waals surface area contributed by atoms with Gasteiger partial charge in [-0.2, -0.15) is 4.31 Å². The van der Waals surface area contributed by atoms with E-state index in [-0.39, 0.29) is 4.90 Å². The number of hydrogen-bond acceptors (Lipinski definition) is 3. The molecule has 7 heteroatoms. The smallest absolute Gasteiger partial charge is 0.243 e. The minimum absolute atomic E-state index is 0.0175. The van der Waals surface area contributed by atoms with E-state index in [9.17, 15) is 12.8 Å². The van der Waals surface area contributed by atoms with Crippen molar-refractivity contribution in [3.63, 3.8) is 0 Å². The van der Waals surface area contributed by atoms with Gasteiger partial charge in [-0.25, -0.2) is 12.8 Å². The van der Waals surface area contributed by atoms with E-state index in [4.69, 9.17) is 0 Å². The van der Waals surface area contributed by atoms with Gasteiger partial charge < -0.3 is 0 Å². The molecule has 1 fully saturated rings. The van der Waals surface area contributed by atoms with E-state index in [0.717, 1.165) is 17.1 Å². The number of sulfonamides is 1. The second kappa shape index (κ2) is 7.31. The summed E-state index contributed by atoms with van der Waals surface area (Å²) in [5.74, 6) is -0.537. The van der Waals surface area contributed by atoms with Crippen molar-refractivity contribution in [2.45, 2.75) is 11.4 Å². The summed E-state index contributed by atoms with van der Waals surface area (Å²) in [6.07, 6.45) is 0. The van der Waals surface area contributed by atoms with Gasteiger partial charge in [0.2, 0.25) is 10.0 Å². The minimum Gasteiger partial charge on any atom is -0.296 e. The topological polar surface area (TPSA) is 40.6 Å². The summed E-state index contributed by atoms with van der Waals surface area (Å²) in [5, 5.41) is 0. The molecule has 1 aliphatic heterocycles. The Morgan fingerprint density at radius 3 is 2.29 bits per heavy atom. The van der Waals surface area contributed by atoms with Crippen LogP contribution in [-0.4, -0.2) is 43.8 Å². The molecule has 4 nitrogen and oxygen atoms in total. The first-order valence-electron chi connectivity index (χ1n) is 7.68. The molecule has 0 aromatic heterocycles. The summed E-state index contributed by atoms with van der Waals surface area (Å²) >= 11 is 3.41. The average Bonchev–Trinajstić information content (AvgIpc) is 2.57. The fourth-order valence-corrected chi connectivity index (χ4v) is 4.47. The highest BCUT2D eigenvalue weighted by Gasteiger charge is 2.28. The van der Waals surface area contributed by atoms with E-state index in [2.05, 4.69) is 33.0 Å². The summed E-state index contributed by atoms with van der Waals surface area (Å²) in [4.78, 5) is 2.24. The van der Waals surface area contributed by atoms with E-state index in [1.54, 1.807) is 0 Å². The molecule has 0 spiro atoms. The predicted octanol–water partition coefficient (Wildman–Crippen LogP) is 3.09. The monoisotopic (exact) mass is 412 g/mol. The molecule has 2 aromatic rings. The van der Waals surface area contributed by atoms with Crippen molar-refractivity contribution in [1.82, 2.24) is 9.21 Å². The number of benzene rings is 2. The molecular formula is C17H18BrFN2O2S. The first kappa shape index (κ1) is 17.5. The van der Waals surface area contributed by atoms with Gasteiger partial charge in [0, 0.05) is 37.2 Å². The lowest BCUT2D eigenvalue weighted by molar-refractivity contribution is 0.181. The molecule has 3 rings (SSSR count). The van der Waals surface area contributed by atoms with Crippen LogP contribution in [0.15, 0.2) is 57.9 Å². The lowest BCUT2D eigenvalue weighted by atomic mass is 10.2. The predicted molar refractivity (Wildman–Crippen MR) is 94.6 cm³/mol. The van der Waals surface area contributed by atoms with Gasteiger partial charge in [0.25, 0.3) is 0 Å². The van der Waals surface area contributed by atoms with Crippen LogP contribution in [0.4, 0.5) is 4.39 Å². The fourth-order valence-electron chi connectivity index (χ4n) is 2.75. The number of halogens is 2. The van der Waals surface area contributed by atoms with E-state index < -0.39 is 15.8 Å². The van der Waals surface area contributed by atoms with Crippen LogP contribution in [0.3, 0.4) is 0 Å². The zero-order valence-electron chi connectivity index (χ0n) is 13.0. The number of piperazine rings is 1. The van der Waals surface area contributed by atoms with Crippen molar-refractivity contribution < 1.29 is 12.8 Å². The molecule has 0 unspecified atom stereocenters. The van der Waals surface area contributed by atoms with Crippen molar-refractivity contribution in [3.8, 4) is 0 Å². The van der Waals surface area contributed by atoms with Gasteiger partial charge in [-0.3, -0.25) is 4.90 Å². The van der Waals surface area contributed by atoms with Crippen LogP contribution in [0.2, 0.25) is 0 Å². The van der Waals surface area contributed by atoms with Crippen molar-refractivity contribution >= 4 is 26.0 Å². The van der Waals surface area contributed by atoms with Crippen LogP contribution in [-0.2, 0) is 16.6 Å². The summed E-state index contributed by atoms with van der Waals surface area (Å²) in [7, 11) is -3.63. The molecule has 0 saturated carbocycles. The minimum atomic E-state index is -3.63. The molecule has 0 atom stereocenters. The Labute approximate surface area is 150 Å². The molecule has 0 amide bonds. The molecule has 0 bridgehead atoms. The lowest BCUT2D eigenvalue weighted by Crippen LogP contribution is -2.48. The molecule has 128 valence electrons. The van der Waals surface area contributed by atoms with E-state index in [1.165, 1.54) is 28.1 Å². The molecule has 1 saturated heterocycles. The van der Waals surface area contributed by atoms with Gasteiger partial charge in [0.1, 0.15) is 5.82 Å². The Kier molecular flexibility index (Phi) is 5.34. The molecule has 0 aliphatic carbocycles. The van der Waals surface area contributed by atoms with Gasteiger partial charge in [0.15, 0.2) is 0 Å². The van der Waals surface area contributed by atoms with Crippen molar-refractivity contribution in [3.05, 3.63) is 64.4 Å². The van der Waals surface area contributed by atoms with Crippen LogP contribution in [0.1, 0.15) is 5.56 Å². The Morgan fingerprint density at radius 2 is 1.67 bits per heavy atom. The Hall–Kier alpha value is -1.28. The maximum absolute atomic E-state index is 13.3. The van der Waals surface area contributed by atoms with Gasteiger partial charge in [-0.15, -0.1) is 0 Å². The van der Waals surface area contributed by atoms with Crippen LogP contribution >= 0.6 is 15.9 Å². The zero-order chi connectivity index (χ0) is 17.2. The third-order valence-electron chi connectivity index (χ3n) is 4.08.